The predicted octanol–water partition coefficient (Wildman–Crippen LogP) is -2.03. The van der Waals surface area contributed by atoms with Gasteiger partial charge in [0.25, 0.3) is 23.9 Å². The van der Waals surface area contributed by atoms with Crippen LogP contribution in [0.15, 0.2) is 0 Å². The standard InChI is InChI=1S/C2H8N2.4C2H4O2.Co.2Na.2H/c3-1-2-4;4*1-2(3)4;;;;;/h1-4H2;4*1H3,(H,3,4);;;;;. The Morgan fingerprint density at radius 3 is 0.652 bits per heavy atom. The molecule has 0 aromatic rings. The second-order valence-electron chi connectivity index (χ2n) is 2.65. The van der Waals surface area contributed by atoms with Crippen LogP contribution in [-0.4, -0.2) is 117 Å². The minimum absolute atomic E-state index is 0. The summed E-state index contributed by atoms with van der Waals surface area (Å²) < 4.78 is 0. The Morgan fingerprint density at radius 2 is 0.652 bits per heavy atom. The van der Waals surface area contributed by atoms with E-state index in [9.17, 15) is 0 Å². The van der Waals surface area contributed by atoms with Crippen molar-refractivity contribution in [2.45, 2.75) is 27.7 Å². The van der Waals surface area contributed by atoms with Crippen molar-refractivity contribution in [1.29, 1.82) is 0 Å². The fourth-order valence-electron chi connectivity index (χ4n) is 0. The summed E-state index contributed by atoms with van der Waals surface area (Å²) in [6.07, 6.45) is 0. The van der Waals surface area contributed by atoms with Gasteiger partial charge in [-0.1, -0.05) is 0 Å². The van der Waals surface area contributed by atoms with Crippen LogP contribution in [0, 0.1) is 0 Å². The van der Waals surface area contributed by atoms with Crippen molar-refractivity contribution in [3.63, 3.8) is 0 Å². The van der Waals surface area contributed by atoms with Gasteiger partial charge in [0.1, 0.15) is 0 Å². The Balaban J connectivity index is -0.0000000197. The van der Waals surface area contributed by atoms with Gasteiger partial charge in [0.2, 0.25) is 0 Å². The first-order chi connectivity index (χ1) is 8.84. The molecule has 0 amide bonds. The summed E-state index contributed by atoms with van der Waals surface area (Å²) in [5.41, 5.74) is 9.81. The van der Waals surface area contributed by atoms with Crippen molar-refractivity contribution in [3.05, 3.63) is 0 Å². The van der Waals surface area contributed by atoms with Crippen molar-refractivity contribution in [2.24, 2.45) is 11.5 Å². The number of carboxylic acid groups (broad SMARTS) is 4. The first kappa shape index (κ1) is 49.5. The Bertz CT molecular complexity index is 205. The molecule has 0 aliphatic rings. The van der Waals surface area contributed by atoms with Gasteiger partial charge in [0.15, 0.2) is 0 Å². The van der Waals surface area contributed by atoms with Gasteiger partial charge in [0.05, 0.1) is 0 Å². The van der Waals surface area contributed by atoms with Crippen LogP contribution in [-0.2, 0) is 36.0 Å². The average molecular weight is 407 g/mol. The predicted molar refractivity (Wildman–Crippen MR) is 85.6 cm³/mol. The molecular weight excluding hydrogens is 381 g/mol. The molecule has 13 heteroatoms. The summed E-state index contributed by atoms with van der Waals surface area (Å²) >= 11 is 0. The monoisotopic (exact) mass is 407 g/mol. The normalized spacial score (nSPS) is 5.65. The van der Waals surface area contributed by atoms with E-state index in [2.05, 4.69) is 0 Å². The van der Waals surface area contributed by atoms with E-state index in [1.165, 1.54) is 0 Å². The number of carbonyl (C=O) groups is 4. The van der Waals surface area contributed by atoms with Crippen molar-refractivity contribution in [1.82, 2.24) is 0 Å². The Morgan fingerprint density at radius 1 is 0.609 bits per heavy atom. The fraction of sp³-hybridized carbons (Fsp3) is 0.600. The summed E-state index contributed by atoms with van der Waals surface area (Å²) in [6, 6.07) is 0. The fourth-order valence-corrected chi connectivity index (χ4v) is 0. The first-order valence-electron chi connectivity index (χ1n) is 5.03. The molecule has 8 N–H and O–H groups in total. The summed E-state index contributed by atoms with van der Waals surface area (Å²) in [4.78, 5) is 36.0. The molecule has 135 valence electrons. The van der Waals surface area contributed by atoms with Crippen LogP contribution in [0.5, 0.6) is 0 Å². The molecule has 0 saturated heterocycles. The van der Waals surface area contributed by atoms with Crippen LogP contribution in [0.2, 0.25) is 0 Å². The van der Waals surface area contributed by atoms with Crippen LogP contribution >= 0.6 is 0 Å². The van der Waals surface area contributed by atoms with Gasteiger partial charge in [-0.3, -0.25) is 19.2 Å². The van der Waals surface area contributed by atoms with E-state index in [0.29, 0.717) is 13.1 Å². The molecular formula is C10H26CoN2Na2O8. The second-order valence-corrected chi connectivity index (χ2v) is 2.65. The van der Waals surface area contributed by atoms with Crippen molar-refractivity contribution >= 4 is 83.0 Å². The number of carboxylic acids is 4. The van der Waals surface area contributed by atoms with E-state index >= 15 is 0 Å². The molecule has 0 saturated carbocycles. The quantitative estimate of drug-likeness (QED) is 0.263. The van der Waals surface area contributed by atoms with Gasteiger partial charge >= 0.3 is 59.1 Å². The molecule has 0 bridgehead atoms. The van der Waals surface area contributed by atoms with Gasteiger partial charge in [0, 0.05) is 57.6 Å². The zero-order valence-electron chi connectivity index (χ0n) is 12.3. The SMILES string of the molecule is CC(=O)O.CC(=O)O.CC(=O)O.CC(=O)O.NCCN.[Co].[NaH].[NaH]. The van der Waals surface area contributed by atoms with Gasteiger partial charge < -0.3 is 31.9 Å². The van der Waals surface area contributed by atoms with E-state index in [0.717, 1.165) is 27.7 Å². The maximum absolute atomic E-state index is 9.00. The van der Waals surface area contributed by atoms with Crippen molar-refractivity contribution in [2.75, 3.05) is 13.1 Å². The van der Waals surface area contributed by atoms with Crippen LogP contribution in [0.1, 0.15) is 27.7 Å². The van der Waals surface area contributed by atoms with Crippen LogP contribution in [0.25, 0.3) is 0 Å². The summed E-state index contributed by atoms with van der Waals surface area (Å²) in [6.45, 7) is 5.53. The summed E-state index contributed by atoms with van der Waals surface area (Å²) in [5, 5.41) is 29.7. The molecule has 0 spiro atoms. The molecule has 0 aliphatic carbocycles. The number of aliphatic carboxylic acids is 4. The Hall–Kier alpha value is 0.306. The number of hydrogen-bond donors (Lipinski definition) is 6. The van der Waals surface area contributed by atoms with Crippen LogP contribution in [0.4, 0.5) is 0 Å². The third kappa shape index (κ3) is 5390. The summed E-state index contributed by atoms with van der Waals surface area (Å²) in [5.74, 6) is -3.33. The van der Waals surface area contributed by atoms with Gasteiger partial charge in [-0.15, -0.1) is 0 Å². The maximum atomic E-state index is 9.00. The molecule has 0 fully saturated rings. The third-order valence-corrected chi connectivity index (χ3v) is 0.167. The minimum atomic E-state index is -0.833. The second kappa shape index (κ2) is 49.5. The molecule has 23 heavy (non-hydrogen) atoms. The van der Waals surface area contributed by atoms with E-state index in [1.807, 2.05) is 0 Å². The molecule has 0 aliphatic heterocycles. The van der Waals surface area contributed by atoms with Gasteiger partial charge in [-0.2, -0.15) is 0 Å². The molecule has 0 aromatic carbocycles. The van der Waals surface area contributed by atoms with Gasteiger partial charge in [-0.05, 0) is 0 Å². The van der Waals surface area contributed by atoms with Gasteiger partial charge in [-0.25, -0.2) is 0 Å². The van der Waals surface area contributed by atoms with Crippen LogP contribution in [0.3, 0.4) is 0 Å². The molecule has 0 heterocycles. The number of hydrogen-bond acceptors (Lipinski definition) is 6. The molecule has 0 atom stereocenters. The van der Waals surface area contributed by atoms with E-state index in [-0.39, 0.29) is 75.9 Å². The molecule has 1 radical (unpaired) electrons. The zero-order chi connectivity index (χ0) is 17.7. The van der Waals surface area contributed by atoms with E-state index < -0.39 is 23.9 Å². The molecule has 0 unspecified atom stereocenters. The Kier molecular flexibility index (Phi) is 106. The Labute approximate surface area is 190 Å². The van der Waals surface area contributed by atoms with Crippen molar-refractivity contribution < 1.29 is 56.4 Å². The zero-order valence-corrected chi connectivity index (χ0v) is 13.4. The van der Waals surface area contributed by atoms with Crippen LogP contribution < -0.4 is 11.5 Å². The average Bonchev–Trinajstić information content (AvgIpc) is 2.13. The number of nitrogens with two attached hydrogens (primary N) is 2. The molecule has 0 aromatic heterocycles. The third-order valence-electron chi connectivity index (χ3n) is 0.167. The molecule has 10 nitrogen and oxygen atoms in total. The molecule has 0 rings (SSSR count). The van der Waals surface area contributed by atoms with Crippen molar-refractivity contribution in [3.8, 4) is 0 Å². The summed E-state index contributed by atoms with van der Waals surface area (Å²) in [7, 11) is 0. The van der Waals surface area contributed by atoms with E-state index in [4.69, 9.17) is 51.1 Å². The number of rotatable bonds is 1. The van der Waals surface area contributed by atoms with E-state index in [1.54, 1.807) is 0 Å². The first-order valence-corrected chi connectivity index (χ1v) is 5.03. The topological polar surface area (TPSA) is 201 Å².